The van der Waals surface area contributed by atoms with Crippen molar-refractivity contribution in [2.24, 2.45) is 0 Å². The van der Waals surface area contributed by atoms with Crippen molar-refractivity contribution in [1.82, 2.24) is 9.80 Å². The highest BCUT2D eigenvalue weighted by Crippen LogP contribution is 2.39. The second kappa shape index (κ2) is 11.0. The summed E-state index contributed by atoms with van der Waals surface area (Å²) in [6.07, 6.45) is 1.30. The van der Waals surface area contributed by atoms with Crippen LogP contribution in [0, 0.1) is 0 Å². The number of aliphatic hydroxyl groups excluding tert-OH is 1. The third-order valence-corrected chi connectivity index (χ3v) is 8.05. The molecule has 4 amide bonds. The predicted molar refractivity (Wildman–Crippen MR) is 148 cm³/mol. The van der Waals surface area contributed by atoms with E-state index < -0.39 is 18.2 Å². The maximum atomic E-state index is 13.1. The molecule has 3 unspecified atom stereocenters. The molecule has 0 saturated carbocycles. The van der Waals surface area contributed by atoms with Crippen LogP contribution in [-0.2, 0) is 9.59 Å². The lowest BCUT2D eigenvalue weighted by Crippen LogP contribution is -2.40. The van der Waals surface area contributed by atoms with E-state index >= 15 is 0 Å². The summed E-state index contributed by atoms with van der Waals surface area (Å²) < 4.78 is 22.8. The summed E-state index contributed by atoms with van der Waals surface area (Å²) in [5.74, 6) is 0.257. The number of ether oxygens (including phenoxy) is 4. The molecule has 6 rings (SSSR count). The first kappa shape index (κ1) is 27.6. The number of hydrogen-bond donors (Lipinski definition) is 3. The Kier molecular flexibility index (Phi) is 7.27. The van der Waals surface area contributed by atoms with E-state index in [0.717, 1.165) is 6.42 Å². The highest BCUT2D eigenvalue weighted by molar-refractivity contribution is 6.11. The van der Waals surface area contributed by atoms with Gasteiger partial charge in [-0.05, 0) is 25.0 Å². The van der Waals surface area contributed by atoms with E-state index in [1.165, 1.54) is 25.2 Å². The number of carbonyl (C=O) groups excluding carboxylic acids is 4. The highest BCUT2D eigenvalue weighted by atomic mass is 16.5. The Morgan fingerprint density at radius 2 is 1.33 bits per heavy atom. The van der Waals surface area contributed by atoms with Gasteiger partial charge >= 0.3 is 0 Å². The molecular weight excluding hydrogens is 548 g/mol. The van der Waals surface area contributed by atoms with E-state index in [2.05, 4.69) is 10.6 Å². The van der Waals surface area contributed by atoms with Gasteiger partial charge in [0.2, 0.25) is 11.8 Å². The van der Waals surface area contributed by atoms with Crippen LogP contribution in [0.15, 0.2) is 24.3 Å². The summed E-state index contributed by atoms with van der Waals surface area (Å²) in [6, 6.07) is 5.07. The van der Waals surface area contributed by atoms with Crippen LogP contribution in [0.2, 0.25) is 0 Å². The zero-order chi connectivity index (χ0) is 29.5. The Labute approximate surface area is 241 Å². The second-order valence-electron chi connectivity index (χ2n) is 10.6. The van der Waals surface area contributed by atoms with Crippen molar-refractivity contribution in [2.45, 2.75) is 43.9 Å². The third kappa shape index (κ3) is 4.83. The van der Waals surface area contributed by atoms with Gasteiger partial charge in [0.25, 0.3) is 11.8 Å². The number of rotatable bonds is 8. The van der Waals surface area contributed by atoms with Crippen molar-refractivity contribution in [3.63, 3.8) is 0 Å². The number of methoxy groups -OCH3 is 2. The molecule has 2 fully saturated rings. The van der Waals surface area contributed by atoms with Crippen LogP contribution in [0.4, 0.5) is 11.4 Å². The Hall–Kier alpha value is -4.52. The van der Waals surface area contributed by atoms with Crippen LogP contribution in [0.25, 0.3) is 0 Å². The number of anilines is 2. The van der Waals surface area contributed by atoms with Gasteiger partial charge in [-0.1, -0.05) is 0 Å². The first-order valence-corrected chi connectivity index (χ1v) is 13.9. The molecule has 222 valence electrons. The van der Waals surface area contributed by atoms with E-state index in [1.54, 1.807) is 23.1 Å². The molecule has 2 saturated heterocycles. The standard InChI is InChI=1S/C29H32N4O9/c1-39-22-10-16-18(30-26(35)20-5-3-6-32(20)28(16)37)12-24(22)41-7-4-8-42-25-13-19-17(11-23(25)40-2)29(38)33-14-15(34)9-21(33)27(36)31-19/h10-13,15,20-21,34H,3-9,14H2,1-2H3,(H,30,35)(H,31,36). The summed E-state index contributed by atoms with van der Waals surface area (Å²) in [7, 11) is 2.94. The van der Waals surface area contributed by atoms with Gasteiger partial charge in [0.05, 0.1) is 56.0 Å². The molecule has 42 heavy (non-hydrogen) atoms. The van der Waals surface area contributed by atoms with Crippen molar-refractivity contribution in [2.75, 3.05) is 51.2 Å². The van der Waals surface area contributed by atoms with Crippen molar-refractivity contribution >= 4 is 35.0 Å². The number of nitrogens with one attached hydrogen (secondary N) is 2. The topological polar surface area (TPSA) is 156 Å². The van der Waals surface area contributed by atoms with Gasteiger partial charge in [-0.2, -0.15) is 0 Å². The number of aliphatic hydroxyl groups is 1. The normalized spacial score (nSPS) is 22.7. The van der Waals surface area contributed by atoms with Crippen molar-refractivity contribution in [3.8, 4) is 23.0 Å². The Balaban J connectivity index is 1.11. The molecule has 0 bridgehead atoms. The minimum absolute atomic E-state index is 0.0908. The Morgan fingerprint density at radius 3 is 1.90 bits per heavy atom. The average molecular weight is 581 g/mol. The molecule has 4 aliphatic heterocycles. The van der Waals surface area contributed by atoms with E-state index in [4.69, 9.17) is 18.9 Å². The first-order valence-electron chi connectivity index (χ1n) is 13.9. The summed E-state index contributed by atoms with van der Waals surface area (Å²) in [5.41, 5.74) is 1.31. The monoisotopic (exact) mass is 580 g/mol. The third-order valence-electron chi connectivity index (χ3n) is 8.05. The number of fused-ring (bicyclic) bond motifs is 4. The lowest BCUT2D eigenvalue weighted by Gasteiger charge is -2.20. The fourth-order valence-electron chi connectivity index (χ4n) is 5.96. The second-order valence-corrected chi connectivity index (χ2v) is 10.6. The van der Waals surface area contributed by atoms with E-state index in [-0.39, 0.29) is 55.4 Å². The van der Waals surface area contributed by atoms with E-state index in [1.807, 2.05) is 0 Å². The van der Waals surface area contributed by atoms with E-state index in [9.17, 15) is 24.3 Å². The number of hydrogen-bond acceptors (Lipinski definition) is 9. The van der Waals surface area contributed by atoms with Gasteiger partial charge in [0.1, 0.15) is 12.1 Å². The molecule has 3 atom stereocenters. The molecule has 4 aliphatic rings. The van der Waals surface area contributed by atoms with Crippen LogP contribution >= 0.6 is 0 Å². The number of carbonyl (C=O) groups is 4. The summed E-state index contributed by atoms with van der Waals surface area (Å²) in [5, 5.41) is 15.6. The summed E-state index contributed by atoms with van der Waals surface area (Å²) in [6.45, 7) is 1.08. The van der Waals surface area contributed by atoms with Gasteiger partial charge < -0.3 is 44.5 Å². The molecule has 2 aromatic carbocycles. The van der Waals surface area contributed by atoms with Gasteiger partial charge in [-0.15, -0.1) is 0 Å². The van der Waals surface area contributed by atoms with Crippen LogP contribution in [0.3, 0.4) is 0 Å². The van der Waals surface area contributed by atoms with Crippen LogP contribution in [-0.4, -0.2) is 97.2 Å². The van der Waals surface area contributed by atoms with Crippen molar-refractivity contribution in [1.29, 1.82) is 0 Å². The van der Waals surface area contributed by atoms with Crippen LogP contribution in [0.1, 0.15) is 46.4 Å². The van der Waals surface area contributed by atoms with Crippen molar-refractivity contribution in [3.05, 3.63) is 35.4 Å². The SMILES string of the molecule is COc1cc2c(cc1OCCCOc1cc3c(cc1OC)C(=O)N1CC(O)CC1C(=O)N3)NC(=O)C1CCCN1C2=O. The smallest absolute Gasteiger partial charge is 0.256 e. The number of nitrogens with zero attached hydrogens (tertiary/aromatic N) is 2. The first-order chi connectivity index (χ1) is 20.3. The molecule has 3 N–H and O–H groups in total. The van der Waals surface area contributed by atoms with Crippen LogP contribution in [0.5, 0.6) is 23.0 Å². The highest BCUT2D eigenvalue weighted by Gasteiger charge is 2.43. The molecule has 0 aromatic heterocycles. The lowest BCUT2D eigenvalue weighted by atomic mass is 10.1. The van der Waals surface area contributed by atoms with E-state index in [0.29, 0.717) is 59.3 Å². The van der Waals surface area contributed by atoms with Crippen LogP contribution < -0.4 is 29.6 Å². The Bertz CT molecular complexity index is 1460. The van der Waals surface area contributed by atoms with Gasteiger partial charge in [-0.25, -0.2) is 0 Å². The summed E-state index contributed by atoms with van der Waals surface area (Å²) >= 11 is 0. The van der Waals surface area contributed by atoms with Crippen molar-refractivity contribution < 1.29 is 43.2 Å². The van der Waals surface area contributed by atoms with Gasteiger partial charge in [0, 0.05) is 38.1 Å². The molecule has 0 aliphatic carbocycles. The molecule has 0 spiro atoms. The fourth-order valence-corrected chi connectivity index (χ4v) is 5.96. The largest absolute Gasteiger partial charge is 0.493 e. The molecular formula is C29H32N4O9. The molecule has 13 nitrogen and oxygen atoms in total. The zero-order valence-corrected chi connectivity index (χ0v) is 23.3. The molecule has 0 radical (unpaired) electrons. The average Bonchev–Trinajstić information content (AvgIpc) is 3.60. The predicted octanol–water partition coefficient (Wildman–Crippen LogP) is 1.64. The fraction of sp³-hybridized carbons (Fsp3) is 0.448. The number of amides is 4. The van der Waals surface area contributed by atoms with Gasteiger partial charge in [-0.3, -0.25) is 19.2 Å². The molecule has 13 heteroatoms. The maximum absolute atomic E-state index is 13.1. The maximum Gasteiger partial charge on any atom is 0.256 e. The Morgan fingerprint density at radius 1 is 0.786 bits per heavy atom. The summed E-state index contributed by atoms with van der Waals surface area (Å²) in [4.78, 5) is 54.6. The molecule has 2 aromatic rings. The molecule has 4 heterocycles. The van der Waals surface area contributed by atoms with Gasteiger partial charge in [0.15, 0.2) is 23.0 Å². The number of benzene rings is 2. The minimum Gasteiger partial charge on any atom is -0.493 e. The minimum atomic E-state index is -0.748. The zero-order valence-electron chi connectivity index (χ0n) is 23.3. The lowest BCUT2D eigenvalue weighted by molar-refractivity contribution is -0.120. The quantitative estimate of drug-likeness (QED) is 0.395.